The minimum Gasteiger partial charge on any atom is -0.396 e. The molecule has 0 aliphatic carbocycles. The first kappa shape index (κ1) is 22.9. The molecule has 0 aliphatic rings. The molecule has 0 bridgehead atoms. The van der Waals surface area contributed by atoms with Gasteiger partial charge in [0.25, 0.3) is 0 Å². The molecule has 0 atom stereocenters. The summed E-state index contributed by atoms with van der Waals surface area (Å²) in [5.74, 6) is 0.167. The molecule has 0 fully saturated rings. The Labute approximate surface area is 172 Å². The van der Waals surface area contributed by atoms with E-state index in [0.29, 0.717) is 19.4 Å². The van der Waals surface area contributed by atoms with Gasteiger partial charge in [-0.25, -0.2) is 4.18 Å². The second-order valence-electron chi connectivity index (χ2n) is 6.38. The summed E-state index contributed by atoms with van der Waals surface area (Å²) >= 11 is 0. The van der Waals surface area contributed by atoms with E-state index in [2.05, 4.69) is 0 Å². The van der Waals surface area contributed by atoms with E-state index in [1.54, 1.807) is 24.3 Å². The predicted molar refractivity (Wildman–Crippen MR) is 114 cm³/mol. The molecule has 0 aromatic heterocycles. The van der Waals surface area contributed by atoms with Crippen LogP contribution in [-0.4, -0.2) is 52.0 Å². The fourth-order valence-corrected chi connectivity index (χ4v) is 3.18. The van der Waals surface area contributed by atoms with Crippen LogP contribution in [0.3, 0.4) is 0 Å². The molecule has 7 nitrogen and oxygen atoms in total. The highest BCUT2D eigenvalue weighted by Crippen LogP contribution is 2.18. The Morgan fingerprint density at radius 2 is 1.48 bits per heavy atom. The van der Waals surface area contributed by atoms with Crippen molar-refractivity contribution in [2.75, 3.05) is 38.3 Å². The first-order valence-electron chi connectivity index (χ1n) is 9.33. The molecule has 0 amide bonds. The maximum Gasteiger partial charge on any atom is 0.449 e. The van der Waals surface area contributed by atoms with Crippen LogP contribution in [-0.2, 0) is 14.6 Å². The van der Waals surface area contributed by atoms with Gasteiger partial charge in [-0.1, -0.05) is 36.4 Å². The van der Waals surface area contributed by atoms with Gasteiger partial charge in [-0.15, -0.1) is 0 Å². The van der Waals surface area contributed by atoms with E-state index in [0.717, 1.165) is 16.8 Å². The number of aliphatic hydroxyl groups is 2. The van der Waals surface area contributed by atoms with Gasteiger partial charge in [0, 0.05) is 25.9 Å². The first-order valence-corrected chi connectivity index (χ1v) is 10.7. The smallest absolute Gasteiger partial charge is 0.396 e. The number of hydrogen-bond acceptors (Lipinski definition) is 7. The van der Waals surface area contributed by atoms with Gasteiger partial charge in [-0.05, 0) is 48.2 Å². The van der Waals surface area contributed by atoms with Gasteiger partial charge in [0.1, 0.15) is 5.75 Å². The molecular formula is C21H27NO6S. The quantitative estimate of drug-likeness (QED) is 0.402. The van der Waals surface area contributed by atoms with E-state index in [4.69, 9.17) is 18.6 Å². The van der Waals surface area contributed by atoms with Gasteiger partial charge in [0.2, 0.25) is 0 Å². The molecule has 2 aromatic carbocycles. The molecule has 2 rings (SSSR count). The van der Waals surface area contributed by atoms with Crippen molar-refractivity contribution in [3.8, 4) is 5.75 Å². The van der Waals surface area contributed by atoms with E-state index in [1.807, 2.05) is 48.4 Å². The van der Waals surface area contributed by atoms with Crippen molar-refractivity contribution in [3.05, 3.63) is 59.7 Å². The number of hydrogen-bond donors (Lipinski definition) is 2. The molecule has 2 N–H and O–H groups in total. The van der Waals surface area contributed by atoms with Crippen LogP contribution in [0.4, 0.5) is 5.69 Å². The molecule has 0 spiro atoms. The third-order valence-electron chi connectivity index (χ3n) is 4.10. The third-order valence-corrected chi connectivity index (χ3v) is 4.95. The highest BCUT2D eigenvalue weighted by Gasteiger charge is 2.13. The van der Waals surface area contributed by atoms with Crippen LogP contribution < -0.4 is 9.08 Å². The number of aliphatic hydroxyl groups excluding tert-OH is 2. The number of nitrogens with zero attached hydrogens (tertiary/aromatic N) is 1. The molecule has 0 radical (unpaired) electrons. The van der Waals surface area contributed by atoms with Crippen molar-refractivity contribution in [1.82, 2.24) is 0 Å². The second kappa shape index (κ2) is 11.6. The highest BCUT2D eigenvalue weighted by molar-refractivity contribution is 7.82. The Hall–Kier alpha value is -2.39. The van der Waals surface area contributed by atoms with Crippen LogP contribution in [0.5, 0.6) is 5.75 Å². The highest BCUT2D eigenvalue weighted by atomic mass is 32.3. The van der Waals surface area contributed by atoms with E-state index in [1.165, 1.54) is 0 Å². The minimum absolute atomic E-state index is 0.00977. The summed E-state index contributed by atoms with van der Waals surface area (Å²) < 4.78 is 33.1. The zero-order chi connectivity index (χ0) is 21.1. The lowest BCUT2D eigenvalue weighted by Gasteiger charge is -2.17. The first-order chi connectivity index (χ1) is 13.9. The number of anilines is 1. The van der Waals surface area contributed by atoms with Crippen molar-refractivity contribution in [2.45, 2.75) is 12.8 Å². The lowest BCUT2D eigenvalue weighted by molar-refractivity contribution is 0.239. The summed E-state index contributed by atoms with van der Waals surface area (Å²) in [6.45, 7) is 0.643. The molecule has 0 heterocycles. The number of rotatable bonds is 12. The van der Waals surface area contributed by atoms with Gasteiger partial charge >= 0.3 is 10.4 Å². The van der Waals surface area contributed by atoms with Gasteiger partial charge in [-0.3, -0.25) is 0 Å². The SMILES string of the molecule is CN(CCO)c1ccc(C=Cc2ccc(OS(=O)(=O)OCCCCO)cc2)cc1. The topological polar surface area (TPSA) is 96.3 Å². The Balaban J connectivity index is 1.91. The average Bonchev–Trinajstić information content (AvgIpc) is 2.71. The maximum absolute atomic E-state index is 11.7. The van der Waals surface area contributed by atoms with Crippen LogP contribution in [0.15, 0.2) is 48.5 Å². The number of unbranched alkanes of at least 4 members (excludes halogenated alkanes) is 1. The molecule has 0 saturated heterocycles. The van der Waals surface area contributed by atoms with E-state index < -0.39 is 10.4 Å². The fraction of sp³-hybridized carbons (Fsp3) is 0.333. The fourth-order valence-electron chi connectivity index (χ4n) is 2.46. The average molecular weight is 422 g/mol. The summed E-state index contributed by atoms with van der Waals surface area (Å²) in [6, 6.07) is 14.5. The molecule has 29 heavy (non-hydrogen) atoms. The van der Waals surface area contributed by atoms with Crippen LogP contribution in [0, 0.1) is 0 Å². The van der Waals surface area contributed by atoms with Crippen molar-refractivity contribution in [3.63, 3.8) is 0 Å². The van der Waals surface area contributed by atoms with Crippen molar-refractivity contribution < 1.29 is 27.0 Å². The predicted octanol–water partition coefficient (Wildman–Crippen LogP) is 2.70. The molecule has 2 aromatic rings. The Morgan fingerprint density at radius 3 is 2.03 bits per heavy atom. The summed E-state index contributed by atoms with van der Waals surface area (Å²) in [7, 11) is -2.20. The van der Waals surface area contributed by atoms with E-state index in [-0.39, 0.29) is 25.6 Å². The van der Waals surface area contributed by atoms with Crippen molar-refractivity contribution in [1.29, 1.82) is 0 Å². The van der Waals surface area contributed by atoms with Crippen LogP contribution in [0.2, 0.25) is 0 Å². The largest absolute Gasteiger partial charge is 0.449 e. The summed E-state index contributed by atoms with van der Waals surface area (Å²) in [5.41, 5.74) is 2.93. The lowest BCUT2D eigenvalue weighted by Crippen LogP contribution is -2.20. The van der Waals surface area contributed by atoms with Crippen LogP contribution in [0.25, 0.3) is 12.2 Å². The van der Waals surface area contributed by atoms with E-state index in [9.17, 15) is 8.42 Å². The zero-order valence-electron chi connectivity index (χ0n) is 16.4. The Bertz CT molecular complexity index is 863. The van der Waals surface area contributed by atoms with Crippen LogP contribution in [0.1, 0.15) is 24.0 Å². The molecule has 0 unspecified atom stereocenters. The molecule has 8 heteroatoms. The van der Waals surface area contributed by atoms with Crippen LogP contribution >= 0.6 is 0 Å². The normalized spacial score (nSPS) is 11.7. The minimum atomic E-state index is -4.12. The number of likely N-dealkylation sites (N-methyl/N-ethyl adjacent to an activating group) is 1. The lowest BCUT2D eigenvalue weighted by atomic mass is 10.1. The van der Waals surface area contributed by atoms with Crippen molar-refractivity contribution in [2.24, 2.45) is 0 Å². The summed E-state index contributed by atoms with van der Waals surface area (Å²) in [6.07, 6.45) is 4.77. The molecule has 0 aliphatic heterocycles. The third kappa shape index (κ3) is 8.25. The molecule has 158 valence electrons. The maximum atomic E-state index is 11.7. The molecule has 0 saturated carbocycles. The Morgan fingerprint density at radius 1 is 0.897 bits per heavy atom. The Kier molecular flexibility index (Phi) is 9.14. The van der Waals surface area contributed by atoms with Gasteiger partial charge in [0.05, 0.1) is 13.2 Å². The zero-order valence-corrected chi connectivity index (χ0v) is 17.2. The van der Waals surface area contributed by atoms with Gasteiger partial charge in [0.15, 0.2) is 0 Å². The number of benzene rings is 2. The van der Waals surface area contributed by atoms with Crippen molar-refractivity contribution >= 4 is 28.2 Å². The van der Waals surface area contributed by atoms with Gasteiger partial charge in [-0.2, -0.15) is 8.42 Å². The van der Waals surface area contributed by atoms with Gasteiger partial charge < -0.3 is 19.3 Å². The summed E-state index contributed by atoms with van der Waals surface area (Å²) in [5, 5.41) is 17.7. The summed E-state index contributed by atoms with van der Waals surface area (Å²) in [4.78, 5) is 1.97. The second-order valence-corrected chi connectivity index (χ2v) is 7.60. The standard InChI is InChI=1S/C21H27NO6S/c1-22(14-16-24)20-10-6-18(7-11-20)4-5-19-8-12-21(13-9-19)28-29(25,26)27-17-3-2-15-23/h4-13,23-24H,2-3,14-17H2,1H3. The van der Waals surface area contributed by atoms with E-state index >= 15 is 0 Å². The monoisotopic (exact) mass is 421 g/mol. The molecular weight excluding hydrogens is 394 g/mol.